The Morgan fingerprint density at radius 1 is 0.974 bits per heavy atom. The maximum atomic E-state index is 12.0. The fourth-order valence-corrected chi connectivity index (χ4v) is 5.11. The number of Topliss-reactive ketones (excluding diaryl/α,β-unsaturated/α-hetero) is 1. The van der Waals surface area contributed by atoms with E-state index in [4.69, 9.17) is 19.6 Å². The molecule has 198 valence electrons. The minimum Gasteiger partial charge on any atom is -0.497 e. The number of benzene rings is 2. The molecule has 0 atom stereocenters. The molecule has 7 nitrogen and oxygen atoms in total. The molecular formula is C31H36N4O3. The molecule has 0 saturated heterocycles. The Morgan fingerprint density at radius 3 is 2.39 bits per heavy atom. The van der Waals surface area contributed by atoms with Gasteiger partial charge in [0.1, 0.15) is 28.4 Å². The molecule has 1 N–H and O–H groups in total. The number of hydrogen-bond acceptors (Lipinski definition) is 6. The minimum absolute atomic E-state index is 0.264. The molecular weight excluding hydrogens is 476 g/mol. The molecule has 0 unspecified atom stereocenters. The Bertz CT molecular complexity index is 1360. The maximum absolute atomic E-state index is 12.0. The van der Waals surface area contributed by atoms with Crippen LogP contribution in [0.2, 0.25) is 0 Å². The Hall–Kier alpha value is -3.87. The number of rotatable bonds is 11. The summed E-state index contributed by atoms with van der Waals surface area (Å²) in [6.45, 7) is 2.62. The second-order valence-corrected chi connectivity index (χ2v) is 10.1. The number of hydrogen-bond donors (Lipinski definition) is 1. The number of carbonyl (C=O) groups excluding carboxylic acids is 1. The molecule has 1 aliphatic rings. The van der Waals surface area contributed by atoms with E-state index in [0.717, 1.165) is 58.7 Å². The number of methoxy groups -OCH3 is 1. The molecule has 0 radical (unpaired) electrons. The van der Waals surface area contributed by atoms with Crippen molar-refractivity contribution in [2.75, 3.05) is 12.4 Å². The number of aromatic nitrogens is 3. The van der Waals surface area contributed by atoms with Gasteiger partial charge in [-0.1, -0.05) is 50.5 Å². The first-order valence-corrected chi connectivity index (χ1v) is 13.7. The van der Waals surface area contributed by atoms with Crippen molar-refractivity contribution in [2.24, 2.45) is 0 Å². The van der Waals surface area contributed by atoms with Crippen molar-refractivity contribution >= 4 is 22.6 Å². The van der Waals surface area contributed by atoms with Crippen LogP contribution in [-0.2, 0) is 17.8 Å². The standard InChI is InChI=1S/C31H36N4O3/c1-3-7-25(36)20-22-10-16-27(17-11-22)38-28-18-19-32-31-29(28)30(33-24-8-5-4-6-9-24)34-35(31)21-23-12-14-26(37-2)15-13-23/h10-19,24H,3-9,20-21H2,1-2H3,(H,33,34). The second kappa shape index (κ2) is 12.1. The van der Waals surface area contributed by atoms with Gasteiger partial charge in [0.2, 0.25) is 0 Å². The fraction of sp³-hybridized carbons (Fsp3) is 0.387. The van der Waals surface area contributed by atoms with Crippen molar-refractivity contribution in [3.8, 4) is 17.2 Å². The van der Waals surface area contributed by atoms with Crippen LogP contribution in [0, 0.1) is 0 Å². The normalized spacial score (nSPS) is 13.9. The molecule has 7 heteroatoms. The lowest BCUT2D eigenvalue weighted by molar-refractivity contribution is -0.118. The Labute approximate surface area is 224 Å². The third-order valence-electron chi connectivity index (χ3n) is 7.11. The van der Waals surface area contributed by atoms with Gasteiger partial charge in [-0.2, -0.15) is 5.10 Å². The molecule has 5 rings (SSSR count). The topological polar surface area (TPSA) is 78.3 Å². The lowest BCUT2D eigenvalue weighted by Gasteiger charge is -2.22. The fourth-order valence-electron chi connectivity index (χ4n) is 5.11. The van der Waals surface area contributed by atoms with E-state index in [2.05, 4.69) is 5.32 Å². The first kappa shape index (κ1) is 25.8. The predicted molar refractivity (Wildman–Crippen MR) is 150 cm³/mol. The van der Waals surface area contributed by atoms with Crippen LogP contribution in [0.5, 0.6) is 17.2 Å². The van der Waals surface area contributed by atoms with Crippen molar-refractivity contribution in [1.29, 1.82) is 0 Å². The largest absolute Gasteiger partial charge is 0.497 e. The van der Waals surface area contributed by atoms with E-state index >= 15 is 0 Å². The van der Waals surface area contributed by atoms with Gasteiger partial charge in [0.25, 0.3) is 0 Å². The summed E-state index contributed by atoms with van der Waals surface area (Å²) in [7, 11) is 1.67. The van der Waals surface area contributed by atoms with Crippen molar-refractivity contribution < 1.29 is 14.3 Å². The molecule has 4 aromatic rings. The number of anilines is 1. The molecule has 1 saturated carbocycles. The number of carbonyl (C=O) groups is 1. The Kier molecular flexibility index (Phi) is 8.22. The number of fused-ring (bicyclic) bond motifs is 1. The highest BCUT2D eigenvalue weighted by molar-refractivity contribution is 5.93. The van der Waals surface area contributed by atoms with Crippen LogP contribution in [-0.4, -0.2) is 33.7 Å². The summed E-state index contributed by atoms with van der Waals surface area (Å²) in [5.41, 5.74) is 2.89. The smallest absolute Gasteiger partial charge is 0.164 e. The van der Waals surface area contributed by atoms with Gasteiger partial charge in [0.05, 0.1) is 13.7 Å². The van der Waals surface area contributed by atoms with Crippen LogP contribution in [0.1, 0.15) is 63.0 Å². The molecule has 1 fully saturated rings. The average Bonchev–Trinajstić information content (AvgIpc) is 3.28. The van der Waals surface area contributed by atoms with Gasteiger partial charge in [-0.05, 0) is 54.7 Å². The van der Waals surface area contributed by atoms with Gasteiger partial charge in [-0.15, -0.1) is 0 Å². The van der Waals surface area contributed by atoms with Gasteiger partial charge >= 0.3 is 0 Å². The molecule has 0 aliphatic heterocycles. The summed E-state index contributed by atoms with van der Waals surface area (Å²) in [5, 5.41) is 9.57. The third kappa shape index (κ3) is 6.15. The average molecular weight is 513 g/mol. The van der Waals surface area contributed by atoms with Gasteiger partial charge in [-0.3, -0.25) is 4.79 Å². The zero-order chi connectivity index (χ0) is 26.3. The zero-order valence-corrected chi connectivity index (χ0v) is 22.3. The highest BCUT2D eigenvalue weighted by atomic mass is 16.5. The van der Waals surface area contributed by atoms with Crippen LogP contribution < -0.4 is 14.8 Å². The SMILES string of the molecule is CCCC(=O)Cc1ccc(Oc2ccnc3c2c(NC2CCCCC2)nn3Cc2ccc(OC)cc2)cc1. The summed E-state index contributed by atoms with van der Waals surface area (Å²) >= 11 is 0. The highest BCUT2D eigenvalue weighted by Gasteiger charge is 2.21. The number of ketones is 1. The molecule has 0 amide bonds. The van der Waals surface area contributed by atoms with E-state index in [1.54, 1.807) is 13.3 Å². The molecule has 2 aromatic carbocycles. The number of pyridine rings is 1. The lowest BCUT2D eigenvalue weighted by Crippen LogP contribution is -2.22. The Balaban J connectivity index is 1.44. The van der Waals surface area contributed by atoms with Gasteiger partial charge in [-0.25, -0.2) is 9.67 Å². The third-order valence-corrected chi connectivity index (χ3v) is 7.11. The summed E-state index contributed by atoms with van der Waals surface area (Å²) in [6.07, 6.45) is 9.76. The zero-order valence-electron chi connectivity index (χ0n) is 22.3. The van der Waals surface area contributed by atoms with Crippen LogP contribution in [0.3, 0.4) is 0 Å². The number of ether oxygens (including phenoxy) is 2. The van der Waals surface area contributed by atoms with E-state index in [1.165, 1.54) is 19.3 Å². The monoisotopic (exact) mass is 512 g/mol. The maximum Gasteiger partial charge on any atom is 0.164 e. The van der Waals surface area contributed by atoms with Gasteiger partial charge < -0.3 is 14.8 Å². The van der Waals surface area contributed by atoms with E-state index in [0.29, 0.717) is 31.2 Å². The van der Waals surface area contributed by atoms with Gasteiger partial charge in [0, 0.05) is 31.1 Å². The minimum atomic E-state index is 0.264. The van der Waals surface area contributed by atoms with Crippen LogP contribution in [0.15, 0.2) is 60.8 Å². The van der Waals surface area contributed by atoms with E-state index in [1.807, 2.05) is 66.2 Å². The molecule has 1 aliphatic carbocycles. The summed E-state index contributed by atoms with van der Waals surface area (Å²) in [5.74, 6) is 3.33. The van der Waals surface area contributed by atoms with Crippen LogP contribution in [0.25, 0.3) is 11.0 Å². The van der Waals surface area contributed by atoms with E-state index < -0.39 is 0 Å². The molecule has 2 heterocycles. The molecule has 2 aromatic heterocycles. The second-order valence-electron chi connectivity index (χ2n) is 10.1. The highest BCUT2D eigenvalue weighted by Crippen LogP contribution is 2.36. The van der Waals surface area contributed by atoms with E-state index in [9.17, 15) is 4.79 Å². The quantitative estimate of drug-likeness (QED) is 0.235. The van der Waals surface area contributed by atoms with Crippen molar-refractivity contribution in [1.82, 2.24) is 14.8 Å². The van der Waals surface area contributed by atoms with Crippen molar-refractivity contribution in [2.45, 2.75) is 70.9 Å². The molecule has 0 spiro atoms. The number of nitrogens with zero attached hydrogens (tertiary/aromatic N) is 3. The molecule has 0 bridgehead atoms. The van der Waals surface area contributed by atoms with Crippen LogP contribution >= 0.6 is 0 Å². The first-order chi connectivity index (χ1) is 18.6. The lowest BCUT2D eigenvalue weighted by atomic mass is 9.95. The first-order valence-electron chi connectivity index (χ1n) is 13.7. The van der Waals surface area contributed by atoms with Crippen molar-refractivity contribution in [3.63, 3.8) is 0 Å². The summed E-state index contributed by atoms with van der Waals surface area (Å²) < 4.78 is 13.6. The summed E-state index contributed by atoms with van der Waals surface area (Å²) in [4.78, 5) is 16.8. The summed E-state index contributed by atoms with van der Waals surface area (Å²) in [6, 6.07) is 18.1. The predicted octanol–water partition coefficient (Wildman–Crippen LogP) is 6.94. The van der Waals surface area contributed by atoms with E-state index in [-0.39, 0.29) is 5.78 Å². The number of nitrogens with one attached hydrogen (secondary N) is 1. The van der Waals surface area contributed by atoms with Crippen molar-refractivity contribution in [3.05, 3.63) is 71.9 Å². The molecule has 38 heavy (non-hydrogen) atoms. The Morgan fingerprint density at radius 2 is 1.68 bits per heavy atom. The van der Waals surface area contributed by atoms with Crippen LogP contribution in [0.4, 0.5) is 5.82 Å². The van der Waals surface area contributed by atoms with Gasteiger partial charge in [0.15, 0.2) is 11.5 Å².